The SMILES string of the molecule is C[C@H]1C[C@@H](N)C2(CCN(c3ncc(Br)c4nccn34)CC2)C1. The van der Waals surface area contributed by atoms with E-state index in [0.717, 1.165) is 35.1 Å². The molecule has 118 valence electrons. The number of hydrogen-bond acceptors (Lipinski definition) is 4. The van der Waals surface area contributed by atoms with Gasteiger partial charge in [-0.2, -0.15) is 0 Å². The number of imidazole rings is 1. The standard InChI is InChI=1S/C16H22BrN5/c1-11-8-13(18)16(9-11)2-5-21(6-3-16)15-20-10-12(17)14-19-4-7-22(14)15/h4,7,10-11,13H,2-3,5-6,8-9,18H2,1H3/t11-,13+/m0/s1. The van der Waals surface area contributed by atoms with Crippen molar-refractivity contribution in [3.63, 3.8) is 0 Å². The number of halogens is 1. The second-order valence-electron chi connectivity index (χ2n) is 7.03. The third-order valence-corrected chi connectivity index (χ3v) is 6.16. The molecule has 1 saturated carbocycles. The van der Waals surface area contributed by atoms with Gasteiger partial charge in [0, 0.05) is 37.7 Å². The van der Waals surface area contributed by atoms with Crippen LogP contribution < -0.4 is 10.6 Å². The number of nitrogens with zero attached hydrogens (tertiary/aromatic N) is 4. The van der Waals surface area contributed by atoms with Crippen molar-refractivity contribution >= 4 is 27.5 Å². The van der Waals surface area contributed by atoms with Crippen molar-refractivity contribution in [3.8, 4) is 0 Å². The molecule has 0 radical (unpaired) electrons. The molecule has 5 nitrogen and oxygen atoms in total. The van der Waals surface area contributed by atoms with Gasteiger partial charge in [-0.25, -0.2) is 9.97 Å². The molecule has 1 aliphatic carbocycles. The van der Waals surface area contributed by atoms with E-state index in [-0.39, 0.29) is 0 Å². The molecule has 2 fully saturated rings. The highest BCUT2D eigenvalue weighted by Crippen LogP contribution is 2.48. The van der Waals surface area contributed by atoms with Gasteiger partial charge in [0.2, 0.25) is 5.95 Å². The molecule has 0 unspecified atom stereocenters. The highest BCUT2D eigenvalue weighted by molar-refractivity contribution is 9.10. The first-order valence-corrected chi connectivity index (χ1v) is 8.86. The first-order valence-electron chi connectivity index (χ1n) is 8.07. The zero-order chi connectivity index (χ0) is 15.3. The first-order chi connectivity index (χ1) is 10.6. The molecule has 2 aliphatic rings. The average molecular weight is 364 g/mol. The van der Waals surface area contributed by atoms with Crippen LogP contribution in [0.5, 0.6) is 0 Å². The van der Waals surface area contributed by atoms with Crippen molar-refractivity contribution in [2.75, 3.05) is 18.0 Å². The van der Waals surface area contributed by atoms with Crippen molar-refractivity contribution in [1.82, 2.24) is 14.4 Å². The van der Waals surface area contributed by atoms with Gasteiger partial charge in [0.1, 0.15) is 0 Å². The molecule has 2 N–H and O–H groups in total. The van der Waals surface area contributed by atoms with E-state index in [9.17, 15) is 0 Å². The van der Waals surface area contributed by atoms with E-state index in [1.165, 1.54) is 25.7 Å². The maximum Gasteiger partial charge on any atom is 0.211 e. The number of rotatable bonds is 1. The average Bonchev–Trinajstić information content (AvgIpc) is 3.08. The quantitative estimate of drug-likeness (QED) is 0.846. The monoisotopic (exact) mass is 363 g/mol. The van der Waals surface area contributed by atoms with Crippen LogP contribution in [0.1, 0.15) is 32.6 Å². The summed E-state index contributed by atoms with van der Waals surface area (Å²) < 4.78 is 3.00. The van der Waals surface area contributed by atoms with Gasteiger partial charge in [-0.05, 0) is 52.9 Å². The summed E-state index contributed by atoms with van der Waals surface area (Å²) in [4.78, 5) is 11.4. The Morgan fingerprint density at radius 1 is 1.32 bits per heavy atom. The number of hydrogen-bond donors (Lipinski definition) is 1. The van der Waals surface area contributed by atoms with Gasteiger partial charge in [-0.1, -0.05) is 6.92 Å². The zero-order valence-corrected chi connectivity index (χ0v) is 14.5. The van der Waals surface area contributed by atoms with Gasteiger partial charge in [-0.15, -0.1) is 0 Å². The Labute approximate surface area is 139 Å². The lowest BCUT2D eigenvalue weighted by Crippen LogP contribution is -2.47. The second kappa shape index (κ2) is 5.20. The van der Waals surface area contributed by atoms with Crippen LogP contribution in [-0.2, 0) is 0 Å². The molecule has 1 saturated heterocycles. The van der Waals surface area contributed by atoms with Gasteiger partial charge in [-0.3, -0.25) is 4.40 Å². The van der Waals surface area contributed by atoms with Crippen LogP contribution in [0.3, 0.4) is 0 Å². The Morgan fingerprint density at radius 3 is 2.77 bits per heavy atom. The molecule has 6 heteroatoms. The summed E-state index contributed by atoms with van der Waals surface area (Å²) in [5.74, 6) is 1.76. The summed E-state index contributed by atoms with van der Waals surface area (Å²) in [7, 11) is 0. The molecule has 22 heavy (non-hydrogen) atoms. The third kappa shape index (κ3) is 2.15. The fraction of sp³-hybridized carbons (Fsp3) is 0.625. The van der Waals surface area contributed by atoms with Crippen molar-refractivity contribution in [1.29, 1.82) is 0 Å². The van der Waals surface area contributed by atoms with Crippen LogP contribution in [0, 0.1) is 11.3 Å². The zero-order valence-electron chi connectivity index (χ0n) is 12.9. The van der Waals surface area contributed by atoms with Crippen molar-refractivity contribution in [2.45, 2.75) is 38.6 Å². The van der Waals surface area contributed by atoms with Gasteiger partial charge in [0.05, 0.1) is 4.47 Å². The molecule has 2 atom stereocenters. The summed E-state index contributed by atoms with van der Waals surface area (Å²) in [6.07, 6.45) is 10.5. The van der Waals surface area contributed by atoms with Crippen LogP contribution in [0.15, 0.2) is 23.1 Å². The molecule has 1 aliphatic heterocycles. The van der Waals surface area contributed by atoms with Gasteiger partial charge >= 0.3 is 0 Å². The van der Waals surface area contributed by atoms with E-state index in [4.69, 9.17) is 5.73 Å². The topological polar surface area (TPSA) is 59.5 Å². The normalized spacial score (nSPS) is 27.9. The Hall–Kier alpha value is -1.14. The summed E-state index contributed by atoms with van der Waals surface area (Å²) in [6.45, 7) is 4.40. The molecule has 2 aromatic rings. The largest absolute Gasteiger partial charge is 0.342 e. The lowest BCUT2D eigenvalue weighted by Gasteiger charge is -2.42. The summed E-state index contributed by atoms with van der Waals surface area (Å²) >= 11 is 3.52. The Kier molecular flexibility index (Phi) is 3.42. The Balaban J connectivity index is 1.59. The molecular weight excluding hydrogens is 342 g/mol. The number of piperidine rings is 1. The number of anilines is 1. The lowest BCUT2D eigenvalue weighted by molar-refractivity contribution is 0.192. The fourth-order valence-electron chi connectivity index (χ4n) is 4.45. The van der Waals surface area contributed by atoms with Gasteiger partial charge in [0.15, 0.2) is 5.65 Å². The number of aromatic nitrogens is 3. The number of nitrogens with two attached hydrogens (primary N) is 1. The van der Waals surface area contributed by atoms with Crippen LogP contribution in [0.4, 0.5) is 5.95 Å². The second-order valence-corrected chi connectivity index (χ2v) is 7.88. The molecule has 2 aromatic heterocycles. The summed E-state index contributed by atoms with van der Waals surface area (Å²) in [5, 5.41) is 0. The predicted octanol–water partition coefficient (Wildman–Crippen LogP) is 2.84. The van der Waals surface area contributed by atoms with E-state index >= 15 is 0 Å². The fourth-order valence-corrected chi connectivity index (χ4v) is 4.84. The molecule has 3 heterocycles. The summed E-state index contributed by atoms with van der Waals surface area (Å²) in [5.41, 5.74) is 7.75. The van der Waals surface area contributed by atoms with Gasteiger partial charge < -0.3 is 10.6 Å². The minimum atomic E-state index is 0.360. The van der Waals surface area contributed by atoms with Gasteiger partial charge in [0.25, 0.3) is 0 Å². The molecule has 0 aromatic carbocycles. The minimum Gasteiger partial charge on any atom is -0.342 e. The van der Waals surface area contributed by atoms with Crippen molar-refractivity contribution in [3.05, 3.63) is 23.1 Å². The molecule has 0 bridgehead atoms. The van der Waals surface area contributed by atoms with E-state index in [2.05, 4.69) is 42.1 Å². The highest BCUT2D eigenvalue weighted by atomic mass is 79.9. The highest BCUT2D eigenvalue weighted by Gasteiger charge is 2.45. The van der Waals surface area contributed by atoms with E-state index in [1.807, 2.05) is 18.6 Å². The first kappa shape index (κ1) is 14.5. The smallest absolute Gasteiger partial charge is 0.211 e. The van der Waals surface area contributed by atoms with Crippen molar-refractivity contribution in [2.24, 2.45) is 17.1 Å². The Bertz CT molecular complexity index is 689. The molecule has 1 spiro atoms. The maximum atomic E-state index is 6.46. The van der Waals surface area contributed by atoms with Crippen LogP contribution in [0.2, 0.25) is 0 Å². The van der Waals surface area contributed by atoms with E-state index < -0.39 is 0 Å². The van der Waals surface area contributed by atoms with Crippen molar-refractivity contribution < 1.29 is 0 Å². The maximum absolute atomic E-state index is 6.46. The third-order valence-electron chi connectivity index (χ3n) is 5.60. The Morgan fingerprint density at radius 2 is 2.09 bits per heavy atom. The van der Waals surface area contributed by atoms with E-state index in [1.54, 1.807) is 0 Å². The molecule has 4 rings (SSSR count). The lowest BCUT2D eigenvalue weighted by atomic mass is 9.74. The van der Waals surface area contributed by atoms with Crippen LogP contribution in [0.25, 0.3) is 5.65 Å². The molecular formula is C16H22BrN5. The number of fused-ring (bicyclic) bond motifs is 1. The van der Waals surface area contributed by atoms with E-state index in [0.29, 0.717) is 11.5 Å². The summed E-state index contributed by atoms with van der Waals surface area (Å²) in [6, 6.07) is 0.371. The predicted molar refractivity (Wildman–Crippen MR) is 90.9 cm³/mol. The van der Waals surface area contributed by atoms with Crippen LogP contribution >= 0.6 is 15.9 Å². The molecule has 0 amide bonds. The van der Waals surface area contributed by atoms with Crippen LogP contribution in [-0.4, -0.2) is 33.5 Å². The minimum absolute atomic E-state index is 0.360.